The number of H-pyrrole nitrogens is 1. The summed E-state index contributed by atoms with van der Waals surface area (Å²) in [5.74, 6) is -0.740. The van der Waals surface area contributed by atoms with Gasteiger partial charge in [-0.2, -0.15) is 0 Å². The van der Waals surface area contributed by atoms with Crippen molar-refractivity contribution in [2.24, 2.45) is 4.99 Å². The molecule has 2 heterocycles. The molecule has 110 valence electrons. The number of allylic oxidation sites excluding steroid dienone is 2. The lowest BCUT2D eigenvalue weighted by Crippen LogP contribution is -2.16. The number of nitrogens with zero attached hydrogens (tertiary/aromatic N) is 2. The predicted octanol–water partition coefficient (Wildman–Crippen LogP) is 2.72. The molecule has 0 aliphatic carbocycles. The molecule has 1 aromatic carbocycles. The molecule has 22 heavy (non-hydrogen) atoms. The molecule has 1 aliphatic rings. The highest BCUT2D eigenvalue weighted by Crippen LogP contribution is 2.22. The molecule has 1 aliphatic heterocycles. The van der Waals surface area contributed by atoms with E-state index >= 15 is 0 Å². The molecular weight excluding hydrogens is 305 g/mol. The minimum Gasteiger partial charge on any atom is -0.494 e. The average Bonchev–Trinajstić information content (AvgIpc) is 2.98. The first-order valence-corrected chi connectivity index (χ1v) is 6.74. The molecule has 0 fully saturated rings. The molecule has 0 saturated carbocycles. The van der Waals surface area contributed by atoms with Crippen LogP contribution >= 0.6 is 12.2 Å². The molecule has 0 radical (unpaired) electrons. The Morgan fingerprint density at radius 2 is 2.05 bits per heavy atom. The van der Waals surface area contributed by atoms with Crippen molar-refractivity contribution in [3.05, 3.63) is 68.6 Å². The maximum absolute atomic E-state index is 13.0. The van der Waals surface area contributed by atoms with Crippen molar-refractivity contribution in [2.45, 2.75) is 0 Å². The Bertz CT molecular complexity index is 923. The van der Waals surface area contributed by atoms with Gasteiger partial charge < -0.3 is 5.11 Å². The zero-order valence-corrected chi connectivity index (χ0v) is 12.0. The van der Waals surface area contributed by atoms with Gasteiger partial charge in [-0.05, 0) is 54.7 Å². The third-order valence-corrected chi connectivity index (χ3v) is 3.36. The fourth-order valence-corrected chi connectivity index (χ4v) is 2.33. The summed E-state index contributed by atoms with van der Waals surface area (Å²) < 4.78 is 14.3. The summed E-state index contributed by atoms with van der Waals surface area (Å²) in [6, 6.07) is 5.38. The maximum atomic E-state index is 13.0. The number of hydrogen-bond acceptors (Lipinski definition) is 4. The summed E-state index contributed by atoms with van der Waals surface area (Å²) in [7, 11) is 0. The highest BCUT2D eigenvalue weighted by molar-refractivity contribution is 7.71. The Hall–Kier alpha value is -2.80. The van der Waals surface area contributed by atoms with Gasteiger partial charge in [-0.1, -0.05) is 0 Å². The van der Waals surface area contributed by atoms with E-state index in [1.165, 1.54) is 34.9 Å². The molecular formula is C15H10FN3O2S. The molecule has 0 spiro atoms. The number of halogens is 1. The van der Waals surface area contributed by atoms with Crippen LogP contribution in [0.5, 0.6) is 5.88 Å². The van der Waals surface area contributed by atoms with E-state index in [2.05, 4.69) is 9.98 Å². The van der Waals surface area contributed by atoms with Crippen LogP contribution in [-0.4, -0.2) is 20.9 Å². The van der Waals surface area contributed by atoms with Crippen molar-refractivity contribution < 1.29 is 9.50 Å². The molecule has 0 saturated heterocycles. The summed E-state index contributed by atoms with van der Waals surface area (Å²) in [6.07, 6.45) is 6.44. The summed E-state index contributed by atoms with van der Waals surface area (Å²) in [6.45, 7) is 0. The zero-order chi connectivity index (χ0) is 15.7. The van der Waals surface area contributed by atoms with Crippen molar-refractivity contribution in [3.63, 3.8) is 0 Å². The Morgan fingerprint density at radius 1 is 1.32 bits per heavy atom. The van der Waals surface area contributed by atoms with Crippen molar-refractivity contribution in [1.29, 1.82) is 0 Å². The topological polar surface area (TPSA) is 70.4 Å². The molecule has 2 aromatic rings. The second-order valence-corrected chi connectivity index (χ2v) is 4.90. The highest BCUT2D eigenvalue weighted by Gasteiger charge is 2.13. The molecule has 1 aromatic heterocycles. The van der Waals surface area contributed by atoms with Gasteiger partial charge in [0.2, 0.25) is 5.88 Å². The van der Waals surface area contributed by atoms with Crippen molar-refractivity contribution >= 4 is 24.5 Å². The lowest BCUT2D eigenvalue weighted by Gasteiger charge is -2.11. The van der Waals surface area contributed by atoms with Gasteiger partial charge in [0.25, 0.3) is 5.56 Å². The first-order valence-electron chi connectivity index (χ1n) is 6.33. The minimum atomic E-state index is -0.524. The van der Waals surface area contributed by atoms with Gasteiger partial charge in [0, 0.05) is 6.21 Å². The van der Waals surface area contributed by atoms with E-state index in [0.717, 1.165) is 0 Å². The Kier molecular flexibility index (Phi) is 3.56. The van der Waals surface area contributed by atoms with Crippen LogP contribution in [-0.2, 0) is 0 Å². The maximum Gasteiger partial charge on any atom is 0.262 e. The summed E-state index contributed by atoms with van der Waals surface area (Å²) in [5.41, 5.74) is 0.467. The van der Waals surface area contributed by atoms with Gasteiger partial charge in [-0.15, -0.1) is 0 Å². The molecule has 0 unspecified atom stereocenters. The molecule has 2 N–H and O–H groups in total. The normalized spacial score (nSPS) is 14.9. The minimum absolute atomic E-state index is 0.0155. The highest BCUT2D eigenvalue weighted by atomic mass is 32.1. The van der Waals surface area contributed by atoms with Gasteiger partial charge in [-0.25, -0.2) is 4.39 Å². The van der Waals surface area contributed by atoms with Gasteiger partial charge in [0.15, 0.2) is 4.77 Å². The summed E-state index contributed by atoms with van der Waals surface area (Å²) in [5, 5.41) is 10.4. The summed E-state index contributed by atoms with van der Waals surface area (Å²) >= 11 is 5.07. The lowest BCUT2D eigenvalue weighted by molar-refractivity contribution is 0.432. The van der Waals surface area contributed by atoms with Gasteiger partial charge in [0.05, 0.1) is 11.4 Å². The Labute approximate surface area is 129 Å². The van der Waals surface area contributed by atoms with Gasteiger partial charge in [0.1, 0.15) is 11.4 Å². The fraction of sp³-hybridized carbons (Fsp3) is 0. The smallest absolute Gasteiger partial charge is 0.262 e. The number of benzene rings is 1. The second kappa shape index (κ2) is 5.53. The third-order valence-electron chi connectivity index (χ3n) is 3.07. The van der Waals surface area contributed by atoms with Crippen LogP contribution in [0.15, 0.2) is 51.9 Å². The molecule has 5 nitrogen and oxygen atoms in total. The monoisotopic (exact) mass is 315 g/mol. The van der Waals surface area contributed by atoms with Crippen LogP contribution in [0.25, 0.3) is 11.8 Å². The van der Waals surface area contributed by atoms with E-state index in [1.54, 1.807) is 18.4 Å². The van der Waals surface area contributed by atoms with Gasteiger partial charge >= 0.3 is 0 Å². The van der Waals surface area contributed by atoms with Crippen molar-refractivity contribution in [2.75, 3.05) is 0 Å². The van der Waals surface area contributed by atoms with Crippen molar-refractivity contribution in [1.82, 2.24) is 9.55 Å². The quantitative estimate of drug-likeness (QED) is 0.837. The number of aromatic hydroxyl groups is 1. The first-order chi connectivity index (χ1) is 10.6. The number of rotatable bonds is 2. The van der Waals surface area contributed by atoms with Crippen LogP contribution in [0.3, 0.4) is 0 Å². The van der Waals surface area contributed by atoms with E-state index in [9.17, 15) is 14.3 Å². The van der Waals surface area contributed by atoms with E-state index in [-0.39, 0.29) is 16.2 Å². The number of nitrogens with one attached hydrogen (secondary N) is 1. The van der Waals surface area contributed by atoms with E-state index in [1.807, 2.05) is 0 Å². The molecule has 3 rings (SSSR count). The fourth-order valence-electron chi connectivity index (χ4n) is 2.05. The van der Waals surface area contributed by atoms with Crippen LogP contribution < -0.4 is 5.56 Å². The summed E-state index contributed by atoms with van der Waals surface area (Å²) in [4.78, 5) is 18.5. The van der Waals surface area contributed by atoms with E-state index < -0.39 is 11.4 Å². The molecule has 7 heteroatoms. The first kappa shape index (κ1) is 14.2. The van der Waals surface area contributed by atoms with Crippen LogP contribution in [0.4, 0.5) is 4.39 Å². The Morgan fingerprint density at radius 3 is 2.68 bits per heavy atom. The zero-order valence-electron chi connectivity index (χ0n) is 11.2. The number of aromatic amines is 1. The molecule has 0 atom stereocenters. The van der Waals surface area contributed by atoms with Crippen LogP contribution in [0.1, 0.15) is 5.56 Å². The largest absolute Gasteiger partial charge is 0.494 e. The molecule has 0 bridgehead atoms. The predicted molar refractivity (Wildman–Crippen MR) is 84.5 cm³/mol. The number of hydrogen-bond donors (Lipinski definition) is 2. The number of aromatic nitrogens is 2. The van der Waals surface area contributed by atoms with E-state index in [4.69, 9.17) is 12.2 Å². The van der Waals surface area contributed by atoms with Crippen LogP contribution in [0, 0.1) is 10.6 Å². The second-order valence-electron chi connectivity index (χ2n) is 4.51. The number of aliphatic imine (C=N–C) groups is 1. The SMILES string of the molecule is O=c1[nH]c(=S)n(-c2ccc(F)cc2)c(O)c1/C=C1/C=CC=N1. The van der Waals surface area contributed by atoms with Gasteiger partial charge in [-0.3, -0.25) is 19.3 Å². The van der Waals surface area contributed by atoms with E-state index in [0.29, 0.717) is 11.4 Å². The molecule has 0 amide bonds. The lowest BCUT2D eigenvalue weighted by atomic mass is 10.2. The standard InChI is InChI=1S/C15H10FN3O2S/c16-9-3-5-11(6-4-9)19-14(21)12(13(20)18-15(19)22)8-10-2-1-7-17-10/h1-8,21H,(H,18,20,22)/b10-8-. The Balaban J connectivity index is 2.24. The average molecular weight is 315 g/mol. The van der Waals surface area contributed by atoms with Crippen LogP contribution in [0.2, 0.25) is 0 Å². The van der Waals surface area contributed by atoms with Crippen molar-refractivity contribution in [3.8, 4) is 11.6 Å². The third kappa shape index (κ3) is 2.53.